The predicted molar refractivity (Wildman–Crippen MR) is 111 cm³/mol. The maximum Gasteiger partial charge on any atom is 0.275 e. The van der Waals surface area contributed by atoms with E-state index < -0.39 is 0 Å². The first kappa shape index (κ1) is 20.1. The van der Waals surface area contributed by atoms with Gasteiger partial charge in [0, 0.05) is 11.1 Å². The van der Waals surface area contributed by atoms with Crippen LogP contribution in [-0.4, -0.2) is 26.8 Å². The number of nitrogens with one attached hydrogen (secondary N) is 2. The second-order valence-corrected chi connectivity index (χ2v) is 8.51. The van der Waals surface area contributed by atoms with Crippen molar-refractivity contribution in [2.75, 3.05) is 5.32 Å². The summed E-state index contributed by atoms with van der Waals surface area (Å²) in [6.07, 6.45) is 3.88. The Bertz CT molecular complexity index is 936. The summed E-state index contributed by atoms with van der Waals surface area (Å²) in [5, 5.41) is 8.22. The van der Waals surface area contributed by atoms with E-state index in [-0.39, 0.29) is 17.9 Å². The van der Waals surface area contributed by atoms with E-state index in [1.807, 2.05) is 13.0 Å². The van der Waals surface area contributed by atoms with Gasteiger partial charge in [-0.25, -0.2) is 4.98 Å². The van der Waals surface area contributed by atoms with Gasteiger partial charge in [-0.2, -0.15) is 0 Å². The number of aromatic nitrogens is 3. The molecule has 9 heteroatoms. The number of hydrogen-bond donors (Lipinski definition) is 2. The fourth-order valence-corrected chi connectivity index (χ4v) is 3.92. The summed E-state index contributed by atoms with van der Waals surface area (Å²) in [5.74, 6) is -0.128. The first-order chi connectivity index (χ1) is 13.4. The number of amides is 2. The standard InChI is InChI=1S/C19H21N5O2S2/c1-11(2)6-14(23-18(26)16-8-20-10-28-16)19-24-15(9-27-19)17(25)22-13-5-4-12(3)21-7-13/h4-5,7-11,14H,6H2,1-3H3,(H,22,25)(H,23,26)/t14-/m1/s1. The average Bonchev–Trinajstić information content (AvgIpc) is 3.35. The van der Waals surface area contributed by atoms with Gasteiger partial charge in [0.2, 0.25) is 0 Å². The molecule has 0 saturated carbocycles. The Morgan fingerprint density at radius 1 is 1.14 bits per heavy atom. The average molecular weight is 416 g/mol. The molecule has 2 N–H and O–H groups in total. The third-order valence-electron chi connectivity index (χ3n) is 3.89. The minimum Gasteiger partial charge on any atom is -0.342 e. The predicted octanol–water partition coefficient (Wildman–Crippen LogP) is 4.07. The van der Waals surface area contributed by atoms with Crippen LogP contribution in [0.15, 0.2) is 35.4 Å². The molecule has 3 rings (SSSR count). The number of anilines is 1. The molecule has 0 radical (unpaired) electrons. The van der Waals surface area contributed by atoms with Gasteiger partial charge in [0.15, 0.2) is 0 Å². The van der Waals surface area contributed by atoms with Crippen molar-refractivity contribution >= 4 is 40.2 Å². The van der Waals surface area contributed by atoms with Gasteiger partial charge < -0.3 is 10.6 Å². The number of nitrogens with zero attached hydrogens (tertiary/aromatic N) is 3. The Morgan fingerprint density at radius 3 is 2.61 bits per heavy atom. The van der Waals surface area contributed by atoms with Crippen molar-refractivity contribution in [1.82, 2.24) is 20.3 Å². The highest BCUT2D eigenvalue weighted by Gasteiger charge is 2.22. The molecule has 0 spiro atoms. The van der Waals surface area contributed by atoms with Crippen molar-refractivity contribution < 1.29 is 9.59 Å². The SMILES string of the molecule is Cc1ccc(NC(=O)c2csc([C@@H](CC(C)C)NC(=O)c3cncs3)n2)cn1. The Morgan fingerprint density at radius 2 is 1.96 bits per heavy atom. The van der Waals surface area contributed by atoms with E-state index in [1.54, 1.807) is 29.4 Å². The fraction of sp³-hybridized carbons (Fsp3) is 0.316. The zero-order chi connectivity index (χ0) is 20.1. The minimum atomic E-state index is -0.301. The van der Waals surface area contributed by atoms with E-state index in [1.165, 1.54) is 22.7 Å². The minimum absolute atomic E-state index is 0.180. The normalized spacial score (nSPS) is 12.0. The smallest absolute Gasteiger partial charge is 0.275 e. The van der Waals surface area contributed by atoms with E-state index in [2.05, 4.69) is 39.4 Å². The molecule has 0 bridgehead atoms. The number of carbonyl (C=O) groups excluding carboxylic acids is 2. The molecule has 28 heavy (non-hydrogen) atoms. The van der Waals surface area contributed by atoms with Crippen molar-refractivity contribution in [3.8, 4) is 0 Å². The summed E-state index contributed by atoms with van der Waals surface area (Å²) in [7, 11) is 0. The molecule has 146 valence electrons. The molecule has 0 aliphatic heterocycles. The van der Waals surface area contributed by atoms with Crippen LogP contribution >= 0.6 is 22.7 Å². The van der Waals surface area contributed by atoms with Crippen LogP contribution in [0.25, 0.3) is 0 Å². The van der Waals surface area contributed by atoms with Crippen LogP contribution in [-0.2, 0) is 0 Å². The highest BCUT2D eigenvalue weighted by atomic mass is 32.1. The van der Waals surface area contributed by atoms with Crippen LogP contribution < -0.4 is 10.6 Å². The molecular formula is C19H21N5O2S2. The lowest BCUT2D eigenvalue weighted by Crippen LogP contribution is -2.29. The summed E-state index contributed by atoms with van der Waals surface area (Å²) in [5.41, 5.74) is 3.43. The third kappa shape index (κ3) is 5.20. The quantitative estimate of drug-likeness (QED) is 0.606. The third-order valence-corrected chi connectivity index (χ3v) is 5.62. The molecule has 0 aliphatic rings. The molecule has 0 aromatic carbocycles. The molecule has 3 aromatic heterocycles. The largest absolute Gasteiger partial charge is 0.342 e. The van der Waals surface area contributed by atoms with Crippen molar-refractivity contribution in [1.29, 1.82) is 0 Å². The van der Waals surface area contributed by atoms with Gasteiger partial charge in [-0.1, -0.05) is 13.8 Å². The topological polar surface area (TPSA) is 96.9 Å². The van der Waals surface area contributed by atoms with Crippen molar-refractivity contribution in [2.24, 2.45) is 5.92 Å². The summed E-state index contributed by atoms with van der Waals surface area (Å²) >= 11 is 2.65. The Hall–Kier alpha value is -2.65. The van der Waals surface area contributed by atoms with Gasteiger partial charge >= 0.3 is 0 Å². The molecule has 1 atom stereocenters. The summed E-state index contributed by atoms with van der Waals surface area (Å²) in [6, 6.07) is 3.36. The molecule has 7 nitrogen and oxygen atoms in total. The van der Waals surface area contributed by atoms with E-state index in [0.29, 0.717) is 27.2 Å². The van der Waals surface area contributed by atoms with Gasteiger partial charge in [0.05, 0.1) is 29.6 Å². The number of carbonyl (C=O) groups is 2. The lowest BCUT2D eigenvalue weighted by molar-refractivity contribution is 0.0935. The Kier molecular flexibility index (Phi) is 6.48. The van der Waals surface area contributed by atoms with Crippen LogP contribution in [0.1, 0.15) is 57.2 Å². The molecule has 0 fully saturated rings. The lowest BCUT2D eigenvalue weighted by atomic mass is 10.0. The van der Waals surface area contributed by atoms with E-state index in [0.717, 1.165) is 12.1 Å². The maximum atomic E-state index is 12.5. The molecule has 0 unspecified atom stereocenters. The zero-order valence-electron chi connectivity index (χ0n) is 15.8. The molecule has 0 aliphatic carbocycles. The first-order valence-electron chi connectivity index (χ1n) is 8.81. The fourth-order valence-electron chi connectivity index (χ4n) is 2.54. The Labute approximate surface area is 171 Å². The lowest BCUT2D eigenvalue weighted by Gasteiger charge is -2.18. The summed E-state index contributed by atoms with van der Waals surface area (Å²) in [4.78, 5) is 38.0. The molecule has 0 saturated heterocycles. The van der Waals surface area contributed by atoms with Crippen molar-refractivity contribution in [3.63, 3.8) is 0 Å². The van der Waals surface area contributed by atoms with E-state index >= 15 is 0 Å². The highest BCUT2D eigenvalue weighted by Crippen LogP contribution is 2.26. The van der Waals surface area contributed by atoms with Crippen LogP contribution in [0.2, 0.25) is 0 Å². The number of rotatable bonds is 7. The van der Waals surface area contributed by atoms with Gasteiger partial charge in [0.25, 0.3) is 11.8 Å². The number of aryl methyl sites for hydroxylation is 1. The number of hydrogen-bond acceptors (Lipinski definition) is 7. The molecule has 2 amide bonds. The van der Waals surface area contributed by atoms with Gasteiger partial charge in [-0.3, -0.25) is 19.6 Å². The Balaban J connectivity index is 1.72. The summed E-state index contributed by atoms with van der Waals surface area (Å²) in [6.45, 7) is 6.04. The maximum absolute atomic E-state index is 12.5. The molecule has 3 heterocycles. The monoisotopic (exact) mass is 415 g/mol. The number of pyridine rings is 1. The molecule has 3 aromatic rings. The van der Waals surface area contributed by atoms with Crippen molar-refractivity contribution in [3.05, 3.63) is 56.7 Å². The van der Waals surface area contributed by atoms with Gasteiger partial charge in [-0.15, -0.1) is 22.7 Å². The van der Waals surface area contributed by atoms with E-state index in [4.69, 9.17) is 0 Å². The first-order valence-corrected chi connectivity index (χ1v) is 10.6. The zero-order valence-corrected chi connectivity index (χ0v) is 17.4. The van der Waals surface area contributed by atoms with Gasteiger partial charge in [0.1, 0.15) is 15.6 Å². The van der Waals surface area contributed by atoms with Crippen LogP contribution in [0, 0.1) is 12.8 Å². The second kappa shape index (κ2) is 9.03. The van der Waals surface area contributed by atoms with E-state index in [9.17, 15) is 9.59 Å². The van der Waals surface area contributed by atoms with Gasteiger partial charge in [-0.05, 0) is 31.4 Å². The van der Waals surface area contributed by atoms with Crippen LogP contribution in [0.5, 0.6) is 0 Å². The highest BCUT2D eigenvalue weighted by molar-refractivity contribution is 7.11. The number of thiazole rings is 2. The van der Waals surface area contributed by atoms with Crippen molar-refractivity contribution in [2.45, 2.75) is 33.2 Å². The second-order valence-electron chi connectivity index (χ2n) is 6.73. The summed E-state index contributed by atoms with van der Waals surface area (Å²) < 4.78 is 0. The molecular weight excluding hydrogens is 394 g/mol. The van der Waals surface area contributed by atoms with Crippen LogP contribution in [0.4, 0.5) is 5.69 Å². The van der Waals surface area contributed by atoms with Crippen LogP contribution in [0.3, 0.4) is 0 Å².